The van der Waals surface area contributed by atoms with E-state index in [0.29, 0.717) is 0 Å². The van der Waals surface area contributed by atoms with E-state index in [1.54, 1.807) is 12.1 Å². The van der Waals surface area contributed by atoms with E-state index in [1.807, 2.05) is 30.3 Å². The molecule has 0 amide bonds. The van der Waals surface area contributed by atoms with Gasteiger partial charge in [-0.05, 0) is 11.6 Å². The predicted octanol–water partition coefficient (Wildman–Crippen LogP) is 1.68. The number of Topliss-reactive ketones (excluding diaryl/α,β-unsaturated/α-hetero) is 1. The second-order valence-electron chi connectivity index (χ2n) is 3.86. The maximum Gasteiger partial charge on any atom is 0.283 e. The van der Waals surface area contributed by atoms with Crippen molar-refractivity contribution in [2.24, 2.45) is 0 Å². The van der Waals surface area contributed by atoms with Crippen molar-refractivity contribution in [1.82, 2.24) is 4.73 Å². The van der Waals surface area contributed by atoms with Gasteiger partial charge < -0.3 is 4.84 Å². The fourth-order valence-corrected chi connectivity index (χ4v) is 1.58. The van der Waals surface area contributed by atoms with Gasteiger partial charge in [-0.1, -0.05) is 36.4 Å². The highest BCUT2D eigenvalue weighted by Gasteiger charge is 2.08. The summed E-state index contributed by atoms with van der Waals surface area (Å²) < 4.78 is 1.04. The topological polar surface area (TPSA) is 48.3 Å². The Kier molecular flexibility index (Phi) is 3.57. The first-order valence-electron chi connectivity index (χ1n) is 5.58. The standard InChI is InChI=1S/C14H13NO3/c1-11(16)13-8-5-9-14(17)15(13)18-10-12-6-3-2-4-7-12/h2-9H,10H2,1H3. The zero-order chi connectivity index (χ0) is 13.0. The van der Waals surface area contributed by atoms with Gasteiger partial charge in [-0.2, -0.15) is 0 Å². The second kappa shape index (κ2) is 5.31. The Bertz CT molecular complexity index is 602. The number of nitrogens with zero attached hydrogens (tertiary/aromatic N) is 1. The molecule has 2 rings (SSSR count). The number of pyridine rings is 1. The predicted molar refractivity (Wildman–Crippen MR) is 67.4 cm³/mol. The minimum Gasteiger partial charge on any atom is -0.405 e. The maximum absolute atomic E-state index is 11.7. The molecule has 0 aliphatic rings. The molecule has 4 nitrogen and oxygen atoms in total. The van der Waals surface area contributed by atoms with Gasteiger partial charge in [0.05, 0.1) is 0 Å². The highest BCUT2D eigenvalue weighted by atomic mass is 16.7. The summed E-state index contributed by atoms with van der Waals surface area (Å²) in [6.45, 7) is 1.64. The number of benzene rings is 1. The van der Waals surface area contributed by atoms with Gasteiger partial charge in [0.15, 0.2) is 5.78 Å². The Morgan fingerprint density at radius 2 is 1.83 bits per heavy atom. The Morgan fingerprint density at radius 3 is 2.50 bits per heavy atom. The van der Waals surface area contributed by atoms with Crippen molar-refractivity contribution in [3.8, 4) is 0 Å². The summed E-state index contributed by atoms with van der Waals surface area (Å²) in [6.07, 6.45) is 0. The van der Waals surface area contributed by atoms with Crippen molar-refractivity contribution in [3.63, 3.8) is 0 Å². The highest BCUT2D eigenvalue weighted by Crippen LogP contribution is 2.01. The van der Waals surface area contributed by atoms with Crippen LogP contribution in [0.25, 0.3) is 0 Å². The molecule has 1 heterocycles. The average Bonchev–Trinajstić information content (AvgIpc) is 2.38. The van der Waals surface area contributed by atoms with Crippen molar-refractivity contribution in [1.29, 1.82) is 0 Å². The molecule has 0 aliphatic carbocycles. The Labute approximate surface area is 104 Å². The van der Waals surface area contributed by atoms with E-state index >= 15 is 0 Å². The van der Waals surface area contributed by atoms with Gasteiger partial charge in [0.2, 0.25) is 0 Å². The number of aromatic nitrogens is 1. The molecule has 0 radical (unpaired) electrons. The molecule has 4 heteroatoms. The first-order chi connectivity index (χ1) is 8.68. The molecular formula is C14H13NO3. The summed E-state index contributed by atoms with van der Waals surface area (Å²) in [5.41, 5.74) is 0.833. The lowest BCUT2D eigenvalue weighted by molar-refractivity contribution is 0.0742. The number of rotatable bonds is 4. The summed E-state index contributed by atoms with van der Waals surface area (Å²) in [5, 5.41) is 0. The third-order valence-corrected chi connectivity index (χ3v) is 2.48. The number of carbonyl (C=O) groups excluding carboxylic acids is 1. The average molecular weight is 243 g/mol. The van der Waals surface area contributed by atoms with Crippen molar-refractivity contribution in [2.45, 2.75) is 13.5 Å². The lowest BCUT2D eigenvalue weighted by Gasteiger charge is -2.11. The molecular weight excluding hydrogens is 230 g/mol. The van der Waals surface area contributed by atoms with E-state index in [9.17, 15) is 9.59 Å². The summed E-state index contributed by atoms with van der Waals surface area (Å²) in [6, 6.07) is 13.9. The molecule has 1 aromatic heterocycles. The molecule has 0 N–H and O–H groups in total. The third-order valence-electron chi connectivity index (χ3n) is 2.48. The molecule has 0 unspecified atom stereocenters. The molecule has 0 saturated carbocycles. The molecule has 18 heavy (non-hydrogen) atoms. The SMILES string of the molecule is CC(=O)c1cccc(=O)n1OCc1ccccc1. The fraction of sp³-hybridized carbons (Fsp3) is 0.143. The van der Waals surface area contributed by atoms with Crippen LogP contribution in [-0.2, 0) is 6.61 Å². The van der Waals surface area contributed by atoms with Crippen molar-refractivity contribution in [3.05, 3.63) is 70.1 Å². The van der Waals surface area contributed by atoms with Crippen LogP contribution in [0.2, 0.25) is 0 Å². The van der Waals surface area contributed by atoms with Crippen LogP contribution in [-0.4, -0.2) is 10.5 Å². The van der Waals surface area contributed by atoms with Crippen LogP contribution in [0.4, 0.5) is 0 Å². The van der Waals surface area contributed by atoms with Crippen LogP contribution in [0.15, 0.2) is 53.3 Å². The van der Waals surface area contributed by atoms with Gasteiger partial charge in [0.1, 0.15) is 12.3 Å². The van der Waals surface area contributed by atoms with Crippen molar-refractivity contribution >= 4 is 5.78 Å². The van der Waals surface area contributed by atoms with E-state index in [1.165, 1.54) is 13.0 Å². The van der Waals surface area contributed by atoms with Crippen LogP contribution in [0.1, 0.15) is 23.0 Å². The molecule has 0 spiro atoms. The minimum atomic E-state index is -0.348. The van der Waals surface area contributed by atoms with E-state index < -0.39 is 0 Å². The van der Waals surface area contributed by atoms with E-state index in [2.05, 4.69) is 0 Å². The normalized spacial score (nSPS) is 10.1. The zero-order valence-electron chi connectivity index (χ0n) is 10.00. The lowest BCUT2D eigenvalue weighted by atomic mass is 10.2. The molecule has 1 aromatic carbocycles. The van der Waals surface area contributed by atoms with Crippen LogP contribution >= 0.6 is 0 Å². The van der Waals surface area contributed by atoms with Crippen LogP contribution < -0.4 is 10.4 Å². The first kappa shape index (κ1) is 12.1. The summed E-state index contributed by atoms with van der Waals surface area (Å²) in [7, 11) is 0. The van der Waals surface area contributed by atoms with Crippen LogP contribution in [0.3, 0.4) is 0 Å². The second-order valence-corrected chi connectivity index (χ2v) is 3.86. The molecule has 2 aromatic rings. The largest absolute Gasteiger partial charge is 0.405 e. The third kappa shape index (κ3) is 2.66. The van der Waals surface area contributed by atoms with Gasteiger partial charge in [0.25, 0.3) is 5.56 Å². The Balaban J connectivity index is 2.24. The maximum atomic E-state index is 11.7. The van der Waals surface area contributed by atoms with Crippen LogP contribution in [0.5, 0.6) is 0 Å². The number of ketones is 1. The van der Waals surface area contributed by atoms with E-state index in [0.717, 1.165) is 10.3 Å². The Morgan fingerprint density at radius 1 is 1.11 bits per heavy atom. The minimum absolute atomic E-state index is 0.208. The number of hydrogen-bond acceptors (Lipinski definition) is 3. The summed E-state index contributed by atoms with van der Waals surface area (Å²) >= 11 is 0. The molecule has 92 valence electrons. The number of hydrogen-bond donors (Lipinski definition) is 0. The molecule has 0 fully saturated rings. The molecule has 0 aliphatic heterocycles. The van der Waals surface area contributed by atoms with Crippen molar-refractivity contribution in [2.75, 3.05) is 0 Å². The monoisotopic (exact) mass is 243 g/mol. The number of carbonyl (C=O) groups is 1. The zero-order valence-corrected chi connectivity index (χ0v) is 10.00. The molecule has 0 bridgehead atoms. The van der Waals surface area contributed by atoms with E-state index in [4.69, 9.17) is 4.84 Å². The van der Waals surface area contributed by atoms with Crippen LogP contribution in [0, 0.1) is 0 Å². The Hall–Kier alpha value is -2.36. The van der Waals surface area contributed by atoms with Gasteiger partial charge in [-0.3, -0.25) is 9.59 Å². The fourth-order valence-electron chi connectivity index (χ4n) is 1.58. The molecule has 0 atom stereocenters. The smallest absolute Gasteiger partial charge is 0.283 e. The first-order valence-corrected chi connectivity index (χ1v) is 5.58. The van der Waals surface area contributed by atoms with Gasteiger partial charge in [-0.25, -0.2) is 0 Å². The summed E-state index contributed by atoms with van der Waals surface area (Å²) in [4.78, 5) is 28.4. The molecule has 0 saturated heterocycles. The van der Waals surface area contributed by atoms with Gasteiger partial charge >= 0.3 is 0 Å². The van der Waals surface area contributed by atoms with Gasteiger partial charge in [0, 0.05) is 13.0 Å². The van der Waals surface area contributed by atoms with Crippen molar-refractivity contribution < 1.29 is 9.63 Å². The van der Waals surface area contributed by atoms with E-state index in [-0.39, 0.29) is 23.6 Å². The lowest BCUT2D eigenvalue weighted by Crippen LogP contribution is -2.30. The summed E-state index contributed by atoms with van der Waals surface area (Å²) in [5.74, 6) is -0.208. The van der Waals surface area contributed by atoms with Gasteiger partial charge in [-0.15, -0.1) is 4.73 Å². The highest BCUT2D eigenvalue weighted by molar-refractivity contribution is 5.92. The quantitative estimate of drug-likeness (QED) is 0.768.